The molecule has 114 valence electrons. The number of nitrogens with one attached hydrogen (secondary N) is 1. The summed E-state index contributed by atoms with van der Waals surface area (Å²) in [5.74, 6) is -0.656. The minimum absolute atomic E-state index is 0.0710. The second-order valence-corrected chi connectivity index (χ2v) is 5.65. The van der Waals surface area contributed by atoms with E-state index in [4.69, 9.17) is 9.84 Å². The monoisotopic (exact) mass is 284 g/mol. The molecule has 0 unspecified atom stereocenters. The van der Waals surface area contributed by atoms with Crippen LogP contribution in [0.25, 0.3) is 0 Å². The number of likely N-dealkylation sites (tertiary alicyclic amines) is 1. The average molecular weight is 284 g/mol. The predicted molar refractivity (Wildman–Crippen MR) is 73.4 cm³/mol. The second-order valence-electron chi connectivity index (χ2n) is 5.65. The van der Waals surface area contributed by atoms with Crippen molar-refractivity contribution in [2.45, 2.75) is 50.7 Å². The molecule has 1 saturated heterocycles. The van der Waals surface area contributed by atoms with Crippen molar-refractivity contribution < 1.29 is 19.4 Å². The van der Waals surface area contributed by atoms with Crippen LogP contribution in [0.3, 0.4) is 0 Å². The van der Waals surface area contributed by atoms with Gasteiger partial charge in [-0.15, -0.1) is 0 Å². The normalized spacial score (nSPS) is 20.8. The summed E-state index contributed by atoms with van der Waals surface area (Å²) in [6.07, 6.45) is 4.91. The highest BCUT2D eigenvalue weighted by Crippen LogP contribution is 2.19. The molecule has 2 fully saturated rings. The number of hydrogen-bond donors (Lipinski definition) is 2. The second kappa shape index (κ2) is 7.59. The highest BCUT2D eigenvalue weighted by molar-refractivity contribution is 5.76. The van der Waals surface area contributed by atoms with Gasteiger partial charge in [-0.1, -0.05) is 0 Å². The van der Waals surface area contributed by atoms with Crippen LogP contribution >= 0.6 is 0 Å². The Hall–Kier alpha value is -1.14. The van der Waals surface area contributed by atoms with Gasteiger partial charge in [0.25, 0.3) is 0 Å². The fourth-order valence-corrected chi connectivity index (χ4v) is 2.40. The van der Waals surface area contributed by atoms with Crippen LogP contribution in [0.4, 0.5) is 0 Å². The summed E-state index contributed by atoms with van der Waals surface area (Å²) in [5, 5.41) is 11.5. The summed E-state index contributed by atoms with van der Waals surface area (Å²) in [5.41, 5.74) is 0. The molecule has 2 aliphatic rings. The van der Waals surface area contributed by atoms with Gasteiger partial charge in [-0.2, -0.15) is 0 Å². The molecule has 0 aromatic rings. The maximum Gasteiger partial charge on any atom is 0.305 e. The molecular weight excluding hydrogens is 260 g/mol. The molecule has 20 heavy (non-hydrogen) atoms. The van der Waals surface area contributed by atoms with Gasteiger partial charge in [0, 0.05) is 32.1 Å². The number of nitrogens with zero attached hydrogens (tertiary/aromatic N) is 1. The summed E-state index contributed by atoms with van der Waals surface area (Å²) in [7, 11) is 0. The van der Waals surface area contributed by atoms with Crippen molar-refractivity contribution in [1.29, 1.82) is 0 Å². The molecule has 0 aromatic carbocycles. The molecule has 0 radical (unpaired) electrons. The lowest BCUT2D eigenvalue weighted by Crippen LogP contribution is -2.39. The van der Waals surface area contributed by atoms with Crippen LogP contribution in [-0.4, -0.2) is 60.3 Å². The third-order valence-corrected chi connectivity index (χ3v) is 3.80. The Morgan fingerprint density at radius 3 is 2.45 bits per heavy atom. The smallest absolute Gasteiger partial charge is 0.305 e. The van der Waals surface area contributed by atoms with E-state index < -0.39 is 5.97 Å². The van der Waals surface area contributed by atoms with E-state index in [9.17, 15) is 9.59 Å². The van der Waals surface area contributed by atoms with E-state index in [0.29, 0.717) is 19.1 Å². The molecule has 2 rings (SSSR count). The number of piperidine rings is 1. The molecule has 1 aliphatic heterocycles. The summed E-state index contributed by atoms with van der Waals surface area (Å²) < 4.78 is 5.54. The van der Waals surface area contributed by atoms with Gasteiger partial charge in [0.2, 0.25) is 5.91 Å². The molecule has 0 bridgehead atoms. The van der Waals surface area contributed by atoms with Crippen LogP contribution in [0.2, 0.25) is 0 Å². The number of rotatable bonds is 8. The van der Waals surface area contributed by atoms with Gasteiger partial charge in [0.05, 0.1) is 19.1 Å². The molecule has 0 spiro atoms. The first-order valence-electron chi connectivity index (χ1n) is 7.48. The first-order chi connectivity index (χ1) is 9.63. The fourth-order valence-electron chi connectivity index (χ4n) is 2.40. The number of hydrogen-bond acceptors (Lipinski definition) is 4. The van der Waals surface area contributed by atoms with Gasteiger partial charge < -0.3 is 20.1 Å². The summed E-state index contributed by atoms with van der Waals surface area (Å²) >= 11 is 0. The Labute approximate surface area is 119 Å². The third kappa shape index (κ3) is 5.88. The standard InChI is InChI=1S/C14H24N2O4/c17-13(15-11-1-2-11)5-9-16-7-3-12(4-8-16)20-10-6-14(18)19/h11-12H,1-10H2,(H,15,17)(H,18,19). The lowest BCUT2D eigenvalue weighted by atomic mass is 10.1. The molecule has 1 heterocycles. The Kier molecular flexibility index (Phi) is 5.79. The Morgan fingerprint density at radius 1 is 1.15 bits per heavy atom. The maximum atomic E-state index is 11.6. The van der Waals surface area contributed by atoms with E-state index in [1.807, 2.05) is 0 Å². The van der Waals surface area contributed by atoms with Crippen molar-refractivity contribution >= 4 is 11.9 Å². The maximum absolute atomic E-state index is 11.6. The zero-order valence-electron chi connectivity index (χ0n) is 11.8. The molecular formula is C14H24N2O4. The lowest BCUT2D eigenvalue weighted by Gasteiger charge is -2.31. The van der Waals surface area contributed by atoms with Crippen LogP contribution in [0.15, 0.2) is 0 Å². The summed E-state index contributed by atoms with van der Waals surface area (Å²) in [6, 6.07) is 0.441. The van der Waals surface area contributed by atoms with E-state index in [2.05, 4.69) is 10.2 Å². The van der Waals surface area contributed by atoms with Crippen molar-refractivity contribution in [2.24, 2.45) is 0 Å². The van der Waals surface area contributed by atoms with Gasteiger partial charge in [-0.3, -0.25) is 9.59 Å². The van der Waals surface area contributed by atoms with Gasteiger partial charge in [-0.05, 0) is 25.7 Å². The van der Waals surface area contributed by atoms with E-state index in [1.165, 1.54) is 0 Å². The number of ether oxygens (including phenoxy) is 1. The highest BCUT2D eigenvalue weighted by atomic mass is 16.5. The number of carbonyl (C=O) groups is 2. The Balaban J connectivity index is 1.52. The first-order valence-corrected chi connectivity index (χ1v) is 7.48. The van der Waals surface area contributed by atoms with E-state index in [0.717, 1.165) is 45.3 Å². The van der Waals surface area contributed by atoms with Crippen molar-refractivity contribution in [3.63, 3.8) is 0 Å². The number of carboxylic acids is 1. The Morgan fingerprint density at radius 2 is 1.85 bits per heavy atom. The third-order valence-electron chi connectivity index (χ3n) is 3.80. The van der Waals surface area contributed by atoms with Crippen LogP contribution in [-0.2, 0) is 14.3 Å². The number of carboxylic acid groups (broad SMARTS) is 1. The van der Waals surface area contributed by atoms with Crippen molar-refractivity contribution in [2.75, 3.05) is 26.2 Å². The quantitative estimate of drug-likeness (QED) is 0.683. The van der Waals surface area contributed by atoms with Gasteiger partial charge >= 0.3 is 5.97 Å². The lowest BCUT2D eigenvalue weighted by molar-refractivity contribution is -0.138. The number of amides is 1. The summed E-state index contributed by atoms with van der Waals surface area (Å²) in [6.45, 7) is 2.95. The minimum atomic E-state index is -0.816. The van der Waals surface area contributed by atoms with Crippen LogP contribution in [0.5, 0.6) is 0 Å². The van der Waals surface area contributed by atoms with Gasteiger partial charge in [0.15, 0.2) is 0 Å². The average Bonchev–Trinajstić information content (AvgIpc) is 3.21. The SMILES string of the molecule is O=C(O)CCOC1CCN(CCC(=O)NC2CC2)CC1. The summed E-state index contributed by atoms with van der Waals surface area (Å²) in [4.78, 5) is 24.3. The molecule has 0 atom stereocenters. The predicted octanol–water partition coefficient (Wildman–Crippen LogP) is 0.611. The number of aliphatic carboxylic acids is 1. The van der Waals surface area contributed by atoms with Crippen molar-refractivity contribution in [1.82, 2.24) is 10.2 Å². The van der Waals surface area contributed by atoms with Crippen molar-refractivity contribution in [3.05, 3.63) is 0 Å². The largest absolute Gasteiger partial charge is 0.481 e. The van der Waals surface area contributed by atoms with Crippen molar-refractivity contribution in [3.8, 4) is 0 Å². The van der Waals surface area contributed by atoms with Crippen LogP contribution < -0.4 is 5.32 Å². The molecule has 6 heteroatoms. The molecule has 0 aromatic heterocycles. The van der Waals surface area contributed by atoms with Gasteiger partial charge in [0.1, 0.15) is 0 Å². The first kappa shape index (κ1) is 15.3. The van der Waals surface area contributed by atoms with Gasteiger partial charge in [-0.25, -0.2) is 0 Å². The molecule has 2 N–H and O–H groups in total. The van der Waals surface area contributed by atoms with E-state index in [-0.39, 0.29) is 18.4 Å². The molecule has 1 aliphatic carbocycles. The van der Waals surface area contributed by atoms with E-state index in [1.54, 1.807) is 0 Å². The highest BCUT2D eigenvalue weighted by Gasteiger charge is 2.24. The van der Waals surface area contributed by atoms with Crippen LogP contribution in [0.1, 0.15) is 38.5 Å². The van der Waals surface area contributed by atoms with Crippen LogP contribution in [0, 0.1) is 0 Å². The molecule has 6 nitrogen and oxygen atoms in total. The van der Waals surface area contributed by atoms with E-state index >= 15 is 0 Å². The topological polar surface area (TPSA) is 78.9 Å². The number of carbonyl (C=O) groups excluding carboxylic acids is 1. The Bertz CT molecular complexity index is 336. The zero-order chi connectivity index (χ0) is 14.4. The molecule has 1 saturated carbocycles. The minimum Gasteiger partial charge on any atom is -0.481 e. The fraction of sp³-hybridized carbons (Fsp3) is 0.857. The zero-order valence-corrected chi connectivity index (χ0v) is 11.8. The molecule has 1 amide bonds.